The molecule has 0 unspecified atom stereocenters. The van der Waals surface area contributed by atoms with Crippen LogP contribution in [0.2, 0.25) is 0 Å². The number of thiophene rings is 2. The molecule has 7 aromatic carbocycles. The number of rotatable bonds is 4. The third kappa shape index (κ3) is 4.40. The van der Waals surface area contributed by atoms with Gasteiger partial charge in [-0.1, -0.05) is 121 Å². The molecule has 0 aliphatic rings. The molecule has 6 heteroatoms. The lowest BCUT2D eigenvalue weighted by Crippen LogP contribution is -2.01. The zero-order valence-electron chi connectivity index (χ0n) is 27.1. The molecule has 0 N–H and O–H groups in total. The number of nitrogens with zero attached hydrogens (tertiary/aromatic N) is 4. The van der Waals surface area contributed by atoms with E-state index in [-0.39, 0.29) is 0 Å². The van der Waals surface area contributed by atoms with Crippen molar-refractivity contribution >= 4 is 84.8 Å². The topological polar surface area (TPSA) is 43.6 Å². The number of hydrogen-bond acceptors (Lipinski definition) is 5. The summed E-state index contributed by atoms with van der Waals surface area (Å²) in [5.41, 5.74) is 6.34. The summed E-state index contributed by atoms with van der Waals surface area (Å²) >= 11 is 3.70. The average Bonchev–Trinajstić information content (AvgIpc) is 3.87. The molecule has 0 saturated carbocycles. The van der Waals surface area contributed by atoms with Gasteiger partial charge in [0.2, 0.25) is 0 Å². The van der Waals surface area contributed by atoms with Crippen molar-refractivity contribution in [2.75, 3.05) is 0 Å². The predicted octanol–water partition coefficient (Wildman–Crippen LogP) is 12.7. The van der Waals surface area contributed by atoms with Gasteiger partial charge in [-0.2, -0.15) is 0 Å². The first kappa shape index (κ1) is 28.6. The van der Waals surface area contributed by atoms with Crippen LogP contribution in [0.1, 0.15) is 0 Å². The van der Waals surface area contributed by atoms with Gasteiger partial charge >= 0.3 is 0 Å². The molecular weight excluding hydrogens is 661 g/mol. The van der Waals surface area contributed by atoms with Crippen molar-refractivity contribution in [3.05, 3.63) is 158 Å². The lowest BCUT2D eigenvalue weighted by Gasteiger charge is -2.13. The Kier molecular flexibility index (Phi) is 6.26. The first-order chi connectivity index (χ1) is 25.3. The Balaban J connectivity index is 1.25. The van der Waals surface area contributed by atoms with E-state index in [1.165, 1.54) is 56.8 Å². The summed E-state index contributed by atoms with van der Waals surface area (Å²) in [6, 6.07) is 55.9. The highest BCUT2D eigenvalue weighted by molar-refractivity contribution is 7.27. The van der Waals surface area contributed by atoms with E-state index in [9.17, 15) is 0 Å². The fraction of sp³-hybridized carbons (Fsp3) is 0. The van der Waals surface area contributed by atoms with E-state index in [1.807, 2.05) is 59.1 Å². The molecule has 0 fully saturated rings. The summed E-state index contributed by atoms with van der Waals surface area (Å²) in [6.07, 6.45) is 0. The van der Waals surface area contributed by atoms with Crippen molar-refractivity contribution in [1.82, 2.24) is 19.5 Å². The van der Waals surface area contributed by atoms with E-state index in [0.29, 0.717) is 17.5 Å². The smallest absolute Gasteiger partial charge is 0.164 e. The Morgan fingerprint density at radius 2 is 0.980 bits per heavy atom. The van der Waals surface area contributed by atoms with Gasteiger partial charge in [0.1, 0.15) is 0 Å². The van der Waals surface area contributed by atoms with Crippen LogP contribution in [0.4, 0.5) is 0 Å². The highest BCUT2D eigenvalue weighted by Crippen LogP contribution is 2.46. The second-order valence-electron chi connectivity index (χ2n) is 12.8. The monoisotopic (exact) mass is 686 g/mol. The molecule has 0 aliphatic heterocycles. The number of benzene rings is 7. The van der Waals surface area contributed by atoms with E-state index in [2.05, 4.69) is 126 Å². The van der Waals surface area contributed by atoms with Gasteiger partial charge in [0.05, 0.1) is 11.0 Å². The van der Waals surface area contributed by atoms with Crippen LogP contribution in [0.3, 0.4) is 0 Å². The molecule has 11 aromatic rings. The van der Waals surface area contributed by atoms with Crippen molar-refractivity contribution in [3.8, 4) is 39.9 Å². The van der Waals surface area contributed by atoms with Gasteiger partial charge in [-0.05, 0) is 36.4 Å². The van der Waals surface area contributed by atoms with Crippen LogP contribution in [0.25, 0.3) is 102 Å². The summed E-state index contributed by atoms with van der Waals surface area (Å²) in [6.45, 7) is 0. The highest BCUT2D eigenvalue weighted by atomic mass is 32.1. The van der Waals surface area contributed by atoms with Crippen molar-refractivity contribution in [2.45, 2.75) is 0 Å². The molecule has 0 spiro atoms. The SMILES string of the molecule is c1ccc(-c2nc(-c3ccccc3)nc(-c3cc(-n4c5ccccc5c5c6sc7ccccc7c6ccc54)cc4sc5ccccc5c34)n2)cc1. The molecule has 0 atom stereocenters. The predicted molar refractivity (Wildman–Crippen MR) is 216 cm³/mol. The number of fused-ring (bicyclic) bond motifs is 10. The fourth-order valence-electron chi connectivity index (χ4n) is 7.59. The lowest BCUT2D eigenvalue weighted by atomic mass is 10.0. The normalized spacial score (nSPS) is 11.9. The average molecular weight is 687 g/mol. The van der Waals surface area contributed by atoms with Gasteiger partial charge in [0.25, 0.3) is 0 Å². The summed E-state index contributed by atoms with van der Waals surface area (Å²) < 4.78 is 7.49. The number of aromatic nitrogens is 4. The molecule has 0 radical (unpaired) electrons. The summed E-state index contributed by atoms with van der Waals surface area (Å²) in [5.74, 6) is 1.97. The zero-order chi connectivity index (χ0) is 33.5. The maximum atomic E-state index is 5.22. The van der Waals surface area contributed by atoms with Crippen LogP contribution < -0.4 is 0 Å². The van der Waals surface area contributed by atoms with E-state index < -0.39 is 0 Å². The standard InChI is InChI=1S/C45H26N4S2/c1-3-13-27(14-4-1)43-46-44(28-15-5-2-6-16-28)48-45(47-43)34-25-29(26-39-40(34)33-19-9-12-22-38(33)50-39)49-35-20-10-7-18-32(35)41-36(49)24-23-31-30-17-8-11-21-37(30)51-42(31)41/h1-26H. The van der Waals surface area contributed by atoms with Crippen LogP contribution in [0, 0.1) is 0 Å². The van der Waals surface area contributed by atoms with Gasteiger partial charge < -0.3 is 4.57 Å². The van der Waals surface area contributed by atoms with Crippen LogP contribution in [-0.4, -0.2) is 19.5 Å². The van der Waals surface area contributed by atoms with Gasteiger partial charge in [-0.3, -0.25) is 0 Å². The summed E-state index contributed by atoms with van der Waals surface area (Å²) in [5, 5.41) is 7.52. The van der Waals surface area contributed by atoms with E-state index in [4.69, 9.17) is 15.0 Å². The van der Waals surface area contributed by atoms with Gasteiger partial charge in [-0.15, -0.1) is 22.7 Å². The molecule has 0 amide bonds. The number of para-hydroxylation sites is 1. The van der Waals surface area contributed by atoms with Gasteiger partial charge in [0.15, 0.2) is 17.5 Å². The van der Waals surface area contributed by atoms with Crippen molar-refractivity contribution in [2.24, 2.45) is 0 Å². The van der Waals surface area contributed by atoms with Crippen molar-refractivity contribution in [1.29, 1.82) is 0 Å². The third-order valence-electron chi connectivity index (χ3n) is 9.84. The van der Waals surface area contributed by atoms with Gasteiger partial charge in [-0.25, -0.2) is 15.0 Å². The minimum Gasteiger partial charge on any atom is -0.309 e. The van der Waals surface area contributed by atoms with Crippen LogP contribution >= 0.6 is 22.7 Å². The summed E-state index contributed by atoms with van der Waals surface area (Å²) in [4.78, 5) is 15.5. The number of hydrogen-bond donors (Lipinski definition) is 0. The Morgan fingerprint density at radius 1 is 0.392 bits per heavy atom. The Morgan fingerprint density at radius 3 is 1.71 bits per heavy atom. The largest absolute Gasteiger partial charge is 0.309 e. The quantitative estimate of drug-likeness (QED) is 0.185. The zero-order valence-corrected chi connectivity index (χ0v) is 28.7. The Labute approximate surface area is 300 Å². The van der Waals surface area contributed by atoms with Crippen LogP contribution in [0.5, 0.6) is 0 Å². The molecule has 4 nitrogen and oxygen atoms in total. The second-order valence-corrected chi connectivity index (χ2v) is 14.9. The van der Waals surface area contributed by atoms with Crippen molar-refractivity contribution < 1.29 is 0 Å². The molecule has 11 rings (SSSR count). The minimum absolute atomic E-state index is 0.654. The van der Waals surface area contributed by atoms with Crippen LogP contribution in [-0.2, 0) is 0 Å². The molecule has 51 heavy (non-hydrogen) atoms. The minimum atomic E-state index is 0.654. The molecule has 0 bridgehead atoms. The molecule has 4 aromatic heterocycles. The maximum absolute atomic E-state index is 5.22. The Hall–Kier alpha value is -6.21. The highest BCUT2D eigenvalue weighted by Gasteiger charge is 2.22. The summed E-state index contributed by atoms with van der Waals surface area (Å²) in [7, 11) is 0. The van der Waals surface area contributed by atoms with Gasteiger partial charge in [0, 0.05) is 73.5 Å². The fourth-order valence-corrected chi connectivity index (χ4v) is 10.0. The first-order valence-electron chi connectivity index (χ1n) is 16.9. The second kappa shape index (κ2) is 11.2. The lowest BCUT2D eigenvalue weighted by molar-refractivity contribution is 1.07. The van der Waals surface area contributed by atoms with E-state index in [0.717, 1.165) is 27.8 Å². The molecule has 238 valence electrons. The molecule has 0 aliphatic carbocycles. The van der Waals surface area contributed by atoms with Crippen LogP contribution in [0.15, 0.2) is 158 Å². The first-order valence-corrected chi connectivity index (χ1v) is 18.6. The molecular formula is C45H26N4S2. The molecule has 0 saturated heterocycles. The van der Waals surface area contributed by atoms with E-state index in [1.54, 1.807) is 0 Å². The third-order valence-corrected chi connectivity index (χ3v) is 12.2. The maximum Gasteiger partial charge on any atom is 0.164 e. The van der Waals surface area contributed by atoms with Crippen molar-refractivity contribution in [3.63, 3.8) is 0 Å². The molecule has 4 heterocycles. The van der Waals surface area contributed by atoms with E-state index >= 15 is 0 Å². The Bertz CT molecular complexity index is 3080.